The van der Waals surface area contributed by atoms with Crippen LogP contribution in [0.2, 0.25) is 0 Å². The van der Waals surface area contributed by atoms with E-state index in [0.29, 0.717) is 6.61 Å². The number of hydrogen-bond acceptors (Lipinski definition) is 4. The highest BCUT2D eigenvalue weighted by Gasteiger charge is 2.39. The molecule has 1 aromatic rings. The van der Waals surface area contributed by atoms with Gasteiger partial charge in [0, 0.05) is 0 Å². The topological polar surface area (TPSA) is 44.8 Å². The Bertz CT molecular complexity index is 504. The van der Waals surface area contributed by atoms with E-state index in [1.807, 2.05) is 24.3 Å². The van der Waals surface area contributed by atoms with Crippen LogP contribution in [-0.2, 0) is 14.3 Å². The first kappa shape index (κ1) is 14.3. The van der Waals surface area contributed by atoms with Gasteiger partial charge >= 0.3 is 5.97 Å². The predicted octanol–water partition coefficient (Wildman–Crippen LogP) is 2.67. The molecule has 20 heavy (non-hydrogen) atoms. The zero-order valence-electron chi connectivity index (χ0n) is 11.5. The summed E-state index contributed by atoms with van der Waals surface area (Å²) >= 11 is 0. The van der Waals surface area contributed by atoms with Crippen LogP contribution in [0.3, 0.4) is 0 Å². The van der Waals surface area contributed by atoms with Gasteiger partial charge in [-0.25, -0.2) is 0 Å². The van der Waals surface area contributed by atoms with Crippen molar-refractivity contribution >= 4 is 5.97 Å². The molecule has 0 amide bonds. The van der Waals surface area contributed by atoms with Crippen LogP contribution in [0.4, 0.5) is 0 Å². The fourth-order valence-electron chi connectivity index (χ4n) is 2.20. The van der Waals surface area contributed by atoms with Crippen LogP contribution in [0.15, 0.2) is 49.1 Å². The van der Waals surface area contributed by atoms with Gasteiger partial charge in [-0.2, -0.15) is 0 Å². The van der Waals surface area contributed by atoms with Gasteiger partial charge in [-0.3, -0.25) is 4.79 Å². The maximum atomic E-state index is 12.1. The Kier molecular flexibility index (Phi) is 4.58. The Hall–Kier alpha value is -2.07. The van der Waals surface area contributed by atoms with E-state index < -0.39 is 5.92 Å². The van der Waals surface area contributed by atoms with E-state index in [4.69, 9.17) is 14.2 Å². The minimum absolute atomic E-state index is 0.192. The number of methoxy groups -OCH3 is 1. The Morgan fingerprint density at radius 1 is 1.45 bits per heavy atom. The summed E-state index contributed by atoms with van der Waals surface area (Å²) in [6, 6.07) is 7.45. The largest absolute Gasteiger partial charge is 0.497 e. The van der Waals surface area contributed by atoms with Gasteiger partial charge in [-0.05, 0) is 23.3 Å². The summed E-state index contributed by atoms with van der Waals surface area (Å²) in [5, 5.41) is 0. The number of benzene rings is 1. The van der Waals surface area contributed by atoms with Crippen LogP contribution >= 0.6 is 0 Å². The molecule has 0 spiro atoms. The molecule has 1 heterocycles. The third-order valence-corrected chi connectivity index (χ3v) is 3.23. The summed E-state index contributed by atoms with van der Waals surface area (Å²) in [6.45, 7) is 7.99. The van der Waals surface area contributed by atoms with Gasteiger partial charge in [0.1, 0.15) is 24.4 Å². The first-order valence-electron chi connectivity index (χ1n) is 6.38. The molecule has 2 atom stereocenters. The van der Waals surface area contributed by atoms with Gasteiger partial charge in [0.25, 0.3) is 0 Å². The molecule has 0 N–H and O–H groups in total. The first-order valence-corrected chi connectivity index (χ1v) is 6.38. The lowest BCUT2D eigenvalue weighted by Gasteiger charge is -2.18. The second kappa shape index (κ2) is 6.39. The highest BCUT2D eigenvalue weighted by atomic mass is 16.5. The molecule has 0 unspecified atom stereocenters. The monoisotopic (exact) mass is 274 g/mol. The van der Waals surface area contributed by atoms with Crippen molar-refractivity contribution in [1.29, 1.82) is 0 Å². The van der Waals surface area contributed by atoms with Crippen LogP contribution < -0.4 is 4.74 Å². The average molecular weight is 274 g/mol. The SMILES string of the molecule is C=CCOC(=O)[C@@H]1C(=C)CO[C@H]1c1ccc(OC)cc1. The lowest BCUT2D eigenvalue weighted by molar-refractivity contribution is -0.148. The first-order chi connectivity index (χ1) is 9.67. The number of esters is 1. The fourth-order valence-corrected chi connectivity index (χ4v) is 2.20. The van der Waals surface area contributed by atoms with Gasteiger partial charge in [0.2, 0.25) is 0 Å². The molecule has 0 saturated carbocycles. The van der Waals surface area contributed by atoms with E-state index in [2.05, 4.69) is 13.2 Å². The minimum atomic E-state index is -0.469. The summed E-state index contributed by atoms with van der Waals surface area (Å²) in [5.74, 6) is -0.0343. The van der Waals surface area contributed by atoms with Crippen molar-refractivity contribution in [3.05, 3.63) is 54.6 Å². The highest BCUT2D eigenvalue weighted by Crippen LogP contribution is 2.38. The molecule has 1 fully saturated rings. The second-order valence-electron chi connectivity index (χ2n) is 4.56. The van der Waals surface area contributed by atoms with E-state index in [0.717, 1.165) is 16.9 Å². The molecule has 0 bridgehead atoms. The third kappa shape index (κ3) is 2.91. The fraction of sp³-hybridized carbons (Fsp3) is 0.312. The van der Waals surface area contributed by atoms with Gasteiger partial charge in [-0.1, -0.05) is 31.4 Å². The number of ether oxygens (including phenoxy) is 3. The highest BCUT2D eigenvalue weighted by molar-refractivity contribution is 5.77. The zero-order valence-corrected chi connectivity index (χ0v) is 11.5. The summed E-state index contributed by atoms with van der Waals surface area (Å²) < 4.78 is 15.9. The molecule has 0 aromatic heterocycles. The van der Waals surface area contributed by atoms with Gasteiger partial charge < -0.3 is 14.2 Å². The quantitative estimate of drug-likeness (QED) is 0.611. The Morgan fingerprint density at radius 2 is 2.15 bits per heavy atom. The molecule has 1 saturated heterocycles. The lowest BCUT2D eigenvalue weighted by Crippen LogP contribution is -2.22. The zero-order chi connectivity index (χ0) is 14.5. The van der Waals surface area contributed by atoms with Gasteiger partial charge in [-0.15, -0.1) is 0 Å². The molecule has 4 heteroatoms. The number of carbonyl (C=O) groups excluding carboxylic acids is 1. The van der Waals surface area contributed by atoms with Crippen molar-refractivity contribution < 1.29 is 19.0 Å². The van der Waals surface area contributed by atoms with Gasteiger partial charge in [0.15, 0.2) is 0 Å². The molecule has 0 aliphatic carbocycles. The maximum absolute atomic E-state index is 12.1. The van der Waals surface area contributed by atoms with E-state index >= 15 is 0 Å². The Balaban J connectivity index is 2.18. The summed E-state index contributed by atoms with van der Waals surface area (Å²) in [7, 11) is 1.61. The average Bonchev–Trinajstić information content (AvgIpc) is 2.86. The van der Waals surface area contributed by atoms with E-state index in [1.165, 1.54) is 0 Å². The maximum Gasteiger partial charge on any atom is 0.316 e. The summed E-state index contributed by atoms with van der Waals surface area (Å²) in [4.78, 5) is 12.1. The molecular formula is C16H18O4. The van der Waals surface area contributed by atoms with Crippen LogP contribution in [0, 0.1) is 5.92 Å². The molecule has 0 radical (unpaired) electrons. The predicted molar refractivity (Wildman–Crippen MR) is 75.5 cm³/mol. The van der Waals surface area contributed by atoms with Crippen LogP contribution in [0.5, 0.6) is 5.75 Å². The van der Waals surface area contributed by atoms with Gasteiger partial charge in [0.05, 0.1) is 13.7 Å². The van der Waals surface area contributed by atoms with Crippen molar-refractivity contribution in [2.24, 2.45) is 5.92 Å². The van der Waals surface area contributed by atoms with Crippen molar-refractivity contribution in [1.82, 2.24) is 0 Å². The molecular weight excluding hydrogens is 256 g/mol. The molecule has 1 aliphatic rings. The number of carbonyl (C=O) groups is 1. The van der Waals surface area contributed by atoms with Crippen LogP contribution in [0.1, 0.15) is 11.7 Å². The van der Waals surface area contributed by atoms with Crippen molar-refractivity contribution in [3.63, 3.8) is 0 Å². The molecule has 2 rings (SSSR count). The van der Waals surface area contributed by atoms with Crippen LogP contribution in [-0.4, -0.2) is 26.3 Å². The number of rotatable bonds is 5. The van der Waals surface area contributed by atoms with E-state index in [-0.39, 0.29) is 18.7 Å². The Morgan fingerprint density at radius 3 is 2.75 bits per heavy atom. The molecule has 1 aromatic carbocycles. The van der Waals surface area contributed by atoms with Crippen molar-refractivity contribution in [2.75, 3.05) is 20.3 Å². The van der Waals surface area contributed by atoms with Crippen LogP contribution in [0.25, 0.3) is 0 Å². The number of hydrogen-bond donors (Lipinski definition) is 0. The van der Waals surface area contributed by atoms with Crippen molar-refractivity contribution in [2.45, 2.75) is 6.10 Å². The molecule has 106 valence electrons. The minimum Gasteiger partial charge on any atom is -0.497 e. The van der Waals surface area contributed by atoms with E-state index in [9.17, 15) is 4.79 Å². The summed E-state index contributed by atoms with van der Waals surface area (Å²) in [6.07, 6.45) is 1.18. The second-order valence-corrected chi connectivity index (χ2v) is 4.56. The molecule has 4 nitrogen and oxygen atoms in total. The normalized spacial score (nSPS) is 21.6. The van der Waals surface area contributed by atoms with Crippen molar-refractivity contribution in [3.8, 4) is 5.75 Å². The smallest absolute Gasteiger partial charge is 0.316 e. The summed E-state index contributed by atoms with van der Waals surface area (Å²) in [5.41, 5.74) is 1.64. The van der Waals surface area contributed by atoms with E-state index in [1.54, 1.807) is 13.2 Å². The Labute approximate surface area is 118 Å². The standard InChI is InChI=1S/C16H18O4/c1-4-9-19-16(17)14-11(2)10-20-15(14)12-5-7-13(18-3)8-6-12/h4-8,14-15H,1-2,9-10H2,3H3/t14-,15+/m1/s1. The molecule has 1 aliphatic heterocycles. The lowest BCUT2D eigenvalue weighted by atomic mass is 9.92. The third-order valence-electron chi connectivity index (χ3n) is 3.23.